The summed E-state index contributed by atoms with van der Waals surface area (Å²) in [5, 5.41) is 3.57. The summed E-state index contributed by atoms with van der Waals surface area (Å²) in [5.74, 6) is 0. The lowest BCUT2D eigenvalue weighted by atomic mass is 10.0. The molecule has 0 saturated carbocycles. The highest BCUT2D eigenvalue weighted by atomic mass is 16.5. The van der Waals surface area contributed by atoms with E-state index in [2.05, 4.69) is 24.1 Å². The van der Waals surface area contributed by atoms with Gasteiger partial charge in [0.25, 0.3) is 0 Å². The molecule has 4 nitrogen and oxygen atoms in total. The number of nitrogens with zero attached hydrogens (tertiary/aromatic N) is 1. The molecule has 1 saturated heterocycles. The Morgan fingerprint density at radius 3 is 3.06 bits per heavy atom. The van der Waals surface area contributed by atoms with Crippen LogP contribution in [0, 0.1) is 0 Å². The number of furan rings is 1. The Kier molecular flexibility index (Phi) is 5.23. The first-order valence-corrected chi connectivity index (χ1v) is 6.94. The maximum atomic E-state index is 5.95. The van der Waals surface area contributed by atoms with E-state index in [1.165, 1.54) is 5.56 Å². The van der Waals surface area contributed by atoms with Gasteiger partial charge < -0.3 is 14.5 Å². The van der Waals surface area contributed by atoms with Gasteiger partial charge in [-0.2, -0.15) is 0 Å². The minimum atomic E-state index is 0.211. The van der Waals surface area contributed by atoms with E-state index >= 15 is 0 Å². The molecule has 1 fully saturated rings. The molecule has 2 unspecified atom stereocenters. The minimum absolute atomic E-state index is 0.211. The van der Waals surface area contributed by atoms with Crippen molar-refractivity contribution >= 4 is 0 Å². The summed E-state index contributed by atoms with van der Waals surface area (Å²) in [6, 6.07) is 2.26. The highest BCUT2D eigenvalue weighted by Gasteiger charge is 2.28. The van der Waals surface area contributed by atoms with Gasteiger partial charge in [0, 0.05) is 18.7 Å². The van der Waals surface area contributed by atoms with Crippen LogP contribution in [0.3, 0.4) is 0 Å². The van der Waals surface area contributed by atoms with Crippen LogP contribution in [0.25, 0.3) is 0 Å². The first kappa shape index (κ1) is 13.6. The molecule has 1 aliphatic rings. The van der Waals surface area contributed by atoms with Gasteiger partial charge in [-0.1, -0.05) is 13.8 Å². The number of likely N-dealkylation sites (N-methyl/N-ethyl adjacent to an activating group) is 1. The smallest absolute Gasteiger partial charge is 0.0951 e. The van der Waals surface area contributed by atoms with Crippen molar-refractivity contribution in [1.29, 1.82) is 0 Å². The van der Waals surface area contributed by atoms with Crippen molar-refractivity contribution in [2.45, 2.75) is 32.4 Å². The van der Waals surface area contributed by atoms with Crippen molar-refractivity contribution in [2.75, 3.05) is 32.8 Å². The first-order chi connectivity index (χ1) is 8.85. The normalized spacial score (nSPS) is 23.1. The predicted octanol–water partition coefficient (Wildman–Crippen LogP) is 2.04. The number of nitrogens with one attached hydrogen (secondary N) is 1. The van der Waals surface area contributed by atoms with Gasteiger partial charge in [0.15, 0.2) is 0 Å². The Labute approximate surface area is 109 Å². The van der Waals surface area contributed by atoms with E-state index in [9.17, 15) is 0 Å². The Hall–Kier alpha value is -0.840. The lowest BCUT2D eigenvalue weighted by Crippen LogP contribution is -2.48. The number of hydrogen-bond donors (Lipinski definition) is 1. The van der Waals surface area contributed by atoms with Crippen LogP contribution in [0.4, 0.5) is 0 Å². The van der Waals surface area contributed by atoms with Gasteiger partial charge in [-0.15, -0.1) is 0 Å². The fourth-order valence-electron chi connectivity index (χ4n) is 2.44. The zero-order valence-electron chi connectivity index (χ0n) is 11.4. The van der Waals surface area contributed by atoms with Crippen LogP contribution in [0.15, 0.2) is 23.0 Å². The van der Waals surface area contributed by atoms with Crippen LogP contribution in [-0.2, 0) is 4.74 Å². The van der Waals surface area contributed by atoms with Crippen molar-refractivity contribution < 1.29 is 9.15 Å². The van der Waals surface area contributed by atoms with E-state index in [4.69, 9.17) is 9.15 Å². The summed E-state index contributed by atoms with van der Waals surface area (Å²) < 4.78 is 11.2. The second-order valence-electron chi connectivity index (χ2n) is 4.79. The largest absolute Gasteiger partial charge is 0.472 e. The van der Waals surface area contributed by atoms with Crippen LogP contribution in [0.1, 0.15) is 31.9 Å². The van der Waals surface area contributed by atoms with E-state index < -0.39 is 0 Å². The maximum Gasteiger partial charge on any atom is 0.0951 e. The molecule has 2 rings (SSSR count). The van der Waals surface area contributed by atoms with E-state index in [0.717, 1.165) is 39.2 Å². The van der Waals surface area contributed by atoms with E-state index in [-0.39, 0.29) is 12.1 Å². The van der Waals surface area contributed by atoms with Gasteiger partial charge in [-0.05, 0) is 25.6 Å². The number of ether oxygens (including phenoxy) is 1. The van der Waals surface area contributed by atoms with Gasteiger partial charge >= 0.3 is 0 Å². The van der Waals surface area contributed by atoms with E-state index in [0.29, 0.717) is 0 Å². The highest BCUT2D eigenvalue weighted by molar-refractivity contribution is 5.14. The number of rotatable bonds is 6. The monoisotopic (exact) mass is 252 g/mol. The van der Waals surface area contributed by atoms with E-state index in [1.807, 2.05) is 12.3 Å². The molecule has 4 heteroatoms. The summed E-state index contributed by atoms with van der Waals surface area (Å²) in [4.78, 5) is 2.44. The molecule has 2 heterocycles. The molecule has 1 N–H and O–H groups in total. The van der Waals surface area contributed by atoms with Crippen molar-refractivity contribution in [3.63, 3.8) is 0 Å². The van der Waals surface area contributed by atoms with Crippen LogP contribution in [0.2, 0.25) is 0 Å². The summed E-state index contributed by atoms with van der Waals surface area (Å²) in [7, 11) is 0. The zero-order chi connectivity index (χ0) is 12.8. The van der Waals surface area contributed by atoms with Crippen LogP contribution in [-0.4, -0.2) is 43.8 Å². The van der Waals surface area contributed by atoms with Crippen molar-refractivity contribution in [2.24, 2.45) is 0 Å². The maximum absolute atomic E-state index is 5.95. The molecule has 1 aromatic rings. The Morgan fingerprint density at radius 2 is 2.39 bits per heavy atom. The Morgan fingerprint density at radius 1 is 1.50 bits per heavy atom. The van der Waals surface area contributed by atoms with Crippen LogP contribution >= 0.6 is 0 Å². The third-order valence-electron chi connectivity index (χ3n) is 3.51. The second kappa shape index (κ2) is 6.92. The SMILES string of the molecule is CCCNC(c1ccoc1)C1CN(CC)CCO1. The topological polar surface area (TPSA) is 37.6 Å². The van der Waals surface area contributed by atoms with Gasteiger partial charge in [0.2, 0.25) is 0 Å². The minimum Gasteiger partial charge on any atom is -0.472 e. The lowest BCUT2D eigenvalue weighted by Gasteiger charge is -2.36. The van der Waals surface area contributed by atoms with Crippen molar-refractivity contribution in [1.82, 2.24) is 10.2 Å². The van der Waals surface area contributed by atoms with Gasteiger partial charge in [0.05, 0.1) is 31.3 Å². The molecular weight excluding hydrogens is 228 g/mol. The summed E-state index contributed by atoms with van der Waals surface area (Å²) in [6.45, 7) is 9.32. The van der Waals surface area contributed by atoms with E-state index in [1.54, 1.807) is 6.26 Å². The molecule has 0 spiro atoms. The van der Waals surface area contributed by atoms with Crippen molar-refractivity contribution in [3.05, 3.63) is 24.2 Å². The molecule has 102 valence electrons. The Balaban J connectivity index is 2.03. The third-order valence-corrected chi connectivity index (χ3v) is 3.51. The first-order valence-electron chi connectivity index (χ1n) is 6.94. The van der Waals surface area contributed by atoms with Gasteiger partial charge in [-0.3, -0.25) is 4.90 Å². The number of hydrogen-bond acceptors (Lipinski definition) is 4. The lowest BCUT2D eigenvalue weighted by molar-refractivity contribution is -0.0456. The van der Waals surface area contributed by atoms with Crippen molar-refractivity contribution in [3.8, 4) is 0 Å². The molecule has 0 amide bonds. The fourth-order valence-corrected chi connectivity index (χ4v) is 2.44. The molecule has 1 aromatic heterocycles. The standard InChI is InChI=1S/C14H24N2O2/c1-3-6-15-14(12-5-8-17-11-12)13-10-16(4-2)7-9-18-13/h5,8,11,13-15H,3-4,6-7,9-10H2,1-2H3. The fraction of sp³-hybridized carbons (Fsp3) is 0.714. The zero-order valence-corrected chi connectivity index (χ0v) is 11.4. The third kappa shape index (κ3) is 3.34. The summed E-state index contributed by atoms with van der Waals surface area (Å²) in [6.07, 6.45) is 4.89. The van der Waals surface area contributed by atoms with Crippen LogP contribution < -0.4 is 5.32 Å². The predicted molar refractivity (Wildman–Crippen MR) is 71.6 cm³/mol. The molecule has 0 radical (unpaired) electrons. The molecule has 1 aliphatic heterocycles. The molecule has 0 bridgehead atoms. The quantitative estimate of drug-likeness (QED) is 0.841. The average Bonchev–Trinajstić information content (AvgIpc) is 2.93. The molecule has 0 aliphatic carbocycles. The highest BCUT2D eigenvalue weighted by Crippen LogP contribution is 2.23. The second-order valence-corrected chi connectivity index (χ2v) is 4.79. The summed E-state index contributed by atoms with van der Waals surface area (Å²) in [5.41, 5.74) is 1.19. The summed E-state index contributed by atoms with van der Waals surface area (Å²) >= 11 is 0. The number of morpholine rings is 1. The molecule has 0 aromatic carbocycles. The molecule has 2 atom stereocenters. The van der Waals surface area contributed by atoms with Crippen LogP contribution in [0.5, 0.6) is 0 Å². The average molecular weight is 252 g/mol. The Bertz CT molecular complexity index is 327. The van der Waals surface area contributed by atoms with Gasteiger partial charge in [0.1, 0.15) is 0 Å². The van der Waals surface area contributed by atoms with Gasteiger partial charge in [-0.25, -0.2) is 0 Å². The molecule has 18 heavy (non-hydrogen) atoms. The molecular formula is C14H24N2O2.